The summed E-state index contributed by atoms with van der Waals surface area (Å²) in [5, 5.41) is 0. The van der Waals surface area contributed by atoms with Gasteiger partial charge in [-0.1, -0.05) is 30.3 Å². The summed E-state index contributed by atoms with van der Waals surface area (Å²) in [7, 11) is 0. The predicted molar refractivity (Wildman–Crippen MR) is 62.9 cm³/mol. The second kappa shape index (κ2) is 6.48. The van der Waals surface area contributed by atoms with E-state index in [2.05, 4.69) is 12.6 Å². The van der Waals surface area contributed by atoms with Gasteiger partial charge in [-0.3, -0.25) is 4.79 Å². The molecule has 0 amide bonds. The summed E-state index contributed by atoms with van der Waals surface area (Å²) in [5.41, 5.74) is 6.59. The molecule has 1 aromatic rings. The molecule has 0 heterocycles. The van der Waals surface area contributed by atoms with E-state index in [9.17, 15) is 4.79 Å². The highest BCUT2D eigenvalue weighted by Crippen LogP contribution is 2.00. The smallest absolute Gasteiger partial charge is 0.323 e. The Balaban J connectivity index is 2.25. The Labute approximate surface area is 95.0 Å². The molecule has 0 fully saturated rings. The van der Waals surface area contributed by atoms with E-state index in [-0.39, 0.29) is 5.97 Å². The topological polar surface area (TPSA) is 52.3 Å². The Bertz CT molecular complexity index is 303. The van der Waals surface area contributed by atoms with Crippen molar-refractivity contribution in [3.8, 4) is 0 Å². The fourth-order valence-electron chi connectivity index (χ4n) is 1.10. The summed E-state index contributed by atoms with van der Waals surface area (Å²) >= 11 is 3.92. The Morgan fingerprint density at radius 1 is 1.40 bits per heavy atom. The highest BCUT2D eigenvalue weighted by atomic mass is 32.1. The van der Waals surface area contributed by atoms with E-state index in [1.165, 1.54) is 0 Å². The molecular formula is C11H15NO2S. The van der Waals surface area contributed by atoms with Crippen molar-refractivity contribution >= 4 is 18.6 Å². The molecule has 1 unspecified atom stereocenters. The summed E-state index contributed by atoms with van der Waals surface area (Å²) in [6.07, 6.45) is 0.714. The minimum atomic E-state index is -0.621. The lowest BCUT2D eigenvalue weighted by molar-refractivity contribution is -0.144. The molecule has 0 saturated heterocycles. The number of carbonyl (C=O) groups is 1. The zero-order valence-corrected chi connectivity index (χ0v) is 9.32. The lowest BCUT2D eigenvalue weighted by atomic mass is 10.2. The Kier molecular flexibility index (Phi) is 5.21. The Hall–Kier alpha value is -1.00. The van der Waals surface area contributed by atoms with Crippen LogP contribution in [0.5, 0.6) is 0 Å². The quantitative estimate of drug-likeness (QED) is 0.581. The molecule has 82 valence electrons. The minimum absolute atomic E-state index is 0.310. The molecule has 0 spiro atoms. The highest BCUT2D eigenvalue weighted by molar-refractivity contribution is 7.80. The number of hydrogen-bond acceptors (Lipinski definition) is 4. The van der Waals surface area contributed by atoms with E-state index in [0.717, 1.165) is 5.56 Å². The molecule has 0 bridgehead atoms. The molecule has 0 aromatic heterocycles. The molecule has 0 saturated carbocycles. The van der Waals surface area contributed by atoms with Gasteiger partial charge < -0.3 is 10.5 Å². The number of thiol groups is 1. The van der Waals surface area contributed by atoms with Crippen LogP contribution in [0.4, 0.5) is 0 Å². The largest absolute Gasteiger partial charge is 0.464 e. The minimum Gasteiger partial charge on any atom is -0.464 e. The molecule has 0 aliphatic heterocycles. The van der Waals surface area contributed by atoms with Gasteiger partial charge in [-0.15, -0.1) is 0 Å². The molecule has 2 N–H and O–H groups in total. The van der Waals surface area contributed by atoms with Crippen molar-refractivity contribution in [3.63, 3.8) is 0 Å². The third-order valence-corrected chi connectivity index (χ3v) is 2.37. The SMILES string of the molecule is NC(CS)C(=O)OCCc1ccccc1. The van der Waals surface area contributed by atoms with Gasteiger partial charge in [-0.2, -0.15) is 12.6 Å². The Morgan fingerprint density at radius 2 is 2.07 bits per heavy atom. The molecule has 15 heavy (non-hydrogen) atoms. The molecule has 0 aliphatic carbocycles. The van der Waals surface area contributed by atoms with E-state index < -0.39 is 6.04 Å². The maximum absolute atomic E-state index is 11.2. The fourth-order valence-corrected chi connectivity index (χ4v) is 1.24. The van der Waals surface area contributed by atoms with Crippen LogP contribution in [0, 0.1) is 0 Å². The maximum Gasteiger partial charge on any atom is 0.323 e. The first-order chi connectivity index (χ1) is 7.24. The van der Waals surface area contributed by atoms with Gasteiger partial charge in [0.05, 0.1) is 6.61 Å². The maximum atomic E-state index is 11.2. The van der Waals surface area contributed by atoms with Crippen molar-refractivity contribution in [2.45, 2.75) is 12.5 Å². The van der Waals surface area contributed by atoms with Crippen molar-refractivity contribution in [2.75, 3.05) is 12.4 Å². The summed E-state index contributed by atoms with van der Waals surface area (Å²) < 4.78 is 4.99. The van der Waals surface area contributed by atoms with Crippen LogP contribution in [-0.2, 0) is 16.0 Å². The number of carbonyl (C=O) groups excluding carboxylic acids is 1. The molecule has 1 rings (SSSR count). The van der Waals surface area contributed by atoms with E-state index in [0.29, 0.717) is 18.8 Å². The van der Waals surface area contributed by atoms with Crippen molar-refractivity contribution in [3.05, 3.63) is 35.9 Å². The van der Waals surface area contributed by atoms with Crippen LogP contribution in [-0.4, -0.2) is 24.4 Å². The van der Waals surface area contributed by atoms with Crippen molar-refractivity contribution in [1.29, 1.82) is 0 Å². The van der Waals surface area contributed by atoms with Gasteiger partial charge in [-0.05, 0) is 5.56 Å². The number of rotatable bonds is 5. The second-order valence-corrected chi connectivity index (χ2v) is 3.56. The number of esters is 1. The van der Waals surface area contributed by atoms with Gasteiger partial charge in [0.25, 0.3) is 0 Å². The molecule has 4 heteroatoms. The highest BCUT2D eigenvalue weighted by Gasteiger charge is 2.12. The summed E-state index contributed by atoms with van der Waals surface area (Å²) in [4.78, 5) is 11.2. The van der Waals surface area contributed by atoms with Crippen molar-refractivity contribution in [2.24, 2.45) is 5.73 Å². The zero-order valence-electron chi connectivity index (χ0n) is 8.43. The third-order valence-electron chi connectivity index (χ3n) is 1.98. The van der Waals surface area contributed by atoms with Crippen LogP contribution in [0.15, 0.2) is 30.3 Å². The third kappa shape index (κ3) is 4.36. The van der Waals surface area contributed by atoms with Crippen LogP contribution in [0.2, 0.25) is 0 Å². The first-order valence-corrected chi connectivity index (χ1v) is 5.44. The van der Waals surface area contributed by atoms with Crippen molar-refractivity contribution < 1.29 is 9.53 Å². The lowest BCUT2D eigenvalue weighted by Gasteiger charge is -2.08. The predicted octanol–water partition coefficient (Wildman–Crippen LogP) is 1.03. The number of hydrogen-bond donors (Lipinski definition) is 2. The summed E-state index contributed by atoms with van der Waals surface area (Å²) in [6, 6.07) is 9.22. The summed E-state index contributed by atoms with van der Waals surface area (Å²) in [5.74, 6) is -0.0783. The summed E-state index contributed by atoms with van der Waals surface area (Å²) in [6.45, 7) is 0.365. The number of nitrogens with two attached hydrogens (primary N) is 1. The molecule has 0 aliphatic rings. The first kappa shape index (κ1) is 12.1. The lowest BCUT2D eigenvalue weighted by Crippen LogP contribution is -2.34. The van der Waals surface area contributed by atoms with Gasteiger partial charge >= 0.3 is 5.97 Å². The zero-order chi connectivity index (χ0) is 11.1. The van der Waals surface area contributed by atoms with Crippen LogP contribution >= 0.6 is 12.6 Å². The van der Waals surface area contributed by atoms with E-state index >= 15 is 0 Å². The molecule has 3 nitrogen and oxygen atoms in total. The molecule has 1 aromatic carbocycles. The monoisotopic (exact) mass is 225 g/mol. The van der Waals surface area contributed by atoms with Crippen LogP contribution in [0.1, 0.15) is 5.56 Å². The average molecular weight is 225 g/mol. The number of ether oxygens (including phenoxy) is 1. The van der Waals surface area contributed by atoms with Crippen LogP contribution < -0.4 is 5.73 Å². The van der Waals surface area contributed by atoms with Crippen LogP contribution in [0.25, 0.3) is 0 Å². The van der Waals surface area contributed by atoms with Gasteiger partial charge in [-0.25, -0.2) is 0 Å². The van der Waals surface area contributed by atoms with Gasteiger partial charge in [0.1, 0.15) is 6.04 Å². The standard InChI is InChI=1S/C11H15NO2S/c12-10(8-15)11(13)14-7-6-9-4-2-1-3-5-9/h1-5,10,15H,6-8,12H2. The normalized spacial score (nSPS) is 12.1. The van der Waals surface area contributed by atoms with Crippen molar-refractivity contribution in [1.82, 2.24) is 0 Å². The second-order valence-electron chi connectivity index (χ2n) is 3.19. The fraction of sp³-hybridized carbons (Fsp3) is 0.364. The average Bonchev–Trinajstić information content (AvgIpc) is 2.29. The molecule has 1 atom stereocenters. The van der Waals surface area contributed by atoms with Gasteiger partial charge in [0, 0.05) is 12.2 Å². The first-order valence-electron chi connectivity index (χ1n) is 4.81. The van der Waals surface area contributed by atoms with Gasteiger partial charge in [0.15, 0.2) is 0 Å². The van der Waals surface area contributed by atoms with E-state index in [1.54, 1.807) is 0 Å². The van der Waals surface area contributed by atoms with E-state index in [1.807, 2.05) is 30.3 Å². The van der Waals surface area contributed by atoms with Crippen LogP contribution in [0.3, 0.4) is 0 Å². The van der Waals surface area contributed by atoms with E-state index in [4.69, 9.17) is 10.5 Å². The van der Waals surface area contributed by atoms with Gasteiger partial charge in [0.2, 0.25) is 0 Å². The molecule has 0 radical (unpaired) electrons. The Morgan fingerprint density at radius 3 is 2.67 bits per heavy atom. The number of benzene rings is 1. The molecular weight excluding hydrogens is 210 g/mol.